The number of Topliss-reactive ketones (excluding diaryl/α,β-unsaturated/α-hetero) is 1. The van der Waals surface area contributed by atoms with Crippen molar-refractivity contribution in [3.63, 3.8) is 0 Å². The number of rotatable bonds is 4. The molecule has 1 heterocycles. The molecule has 5 nitrogen and oxygen atoms in total. The molecule has 1 aliphatic carbocycles. The fourth-order valence-corrected chi connectivity index (χ4v) is 6.18. The van der Waals surface area contributed by atoms with Gasteiger partial charge in [-0.3, -0.25) is 4.79 Å². The maximum Gasteiger partial charge on any atom is 0.161 e. The highest BCUT2D eigenvalue weighted by atomic mass is 79.9. The van der Waals surface area contributed by atoms with Gasteiger partial charge in [0.15, 0.2) is 5.78 Å². The number of carbonyl (C=O) groups excluding carboxylic acids is 1. The molecule has 0 unspecified atom stereocenters. The molecule has 0 bridgehead atoms. The molecule has 9 heteroatoms. The van der Waals surface area contributed by atoms with Crippen LogP contribution in [0, 0.1) is 11.3 Å². The van der Waals surface area contributed by atoms with Crippen molar-refractivity contribution in [2.24, 2.45) is 5.73 Å². The molecule has 0 saturated heterocycles. The average Bonchev–Trinajstić information content (AvgIpc) is 2.76. The van der Waals surface area contributed by atoms with Crippen molar-refractivity contribution in [2.45, 2.75) is 31.8 Å². The molecular formula is C24H19Br2Cl2N3O2. The summed E-state index contributed by atoms with van der Waals surface area (Å²) in [6.45, 7) is 0.241. The van der Waals surface area contributed by atoms with E-state index in [2.05, 4.69) is 37.9 Å². The Morgan fingerprint density at radius 3 is 2.55 bits per heavy atom. The molecule has 4 rings (SSSR count). The van der Waals surface area contributed by atoms with Gasteiger partial charge in [0.25, 0.3) is 0 Å². The van der Waals surface area contributed by atoms with Gasteiger partial charge in [-0.2, -0.15) is 5.26 Å². The third-order valence-electron chi connectivity index (χ3n) is 5.91. The highest BCUT2D eigenvalue weighted by molar-refractivity contribution is 9.11. The van der Waals surface area contributed by atoms with E-state index in [9.17, 15) is 10.1 Å². The number of benzene rings is 2. The van der Waals surface area contributed by atoms with Crippen molar-refractivity contribution in [2.75, 3.05) is 7.05 Å². The molecule has 0 spiro atoms. The van der Waals surface area contributed by atoms with Crippen LogP contribution in [-0.2, 0) is 11.4 Å². The monoisotopic (exact) mass is 609 g/mol. The first kappa shape index (κ1) is 24.2. The van der Waals surface area contributed by atoms with Crippen LogP contribution in [0.15, 0.2) is 61.9 Å². The zero-order valence-corrected chi connectivity index (χ0v) is 22.3. The first-order chi connectivity index (χ1) is 15.7. The SMILES string of the molecule is CN1C(N)=C(C#N)[C@H](c2cc(Br)c(OCc3ccc(Cl)cc3Cl)c(Br)c2)C2=C1CCCC2=O. The second-order valence-corrected chi connectivity index (χ2v) is 10.4. The van der Waals surface area contributed by atoms with Gasteiger partial charge >= 0.3 is 0 Å². The smallest absolute Gasteiger partial charge is 0.161 e. The van der Waals surface area contributed by atoms with Gasteiger partial charge in [-0.1, -0.05) is 29.3 Å². The Labute approximate surface area is 219 Å². The molecule has 0 aromatic heterocycles. The summed E-state index contributed by atoms with van der Waals surface area (Å²) in [6.07, 6.45) is 1.99. The van der Waals surface area contributed by atoms with Crippen molar-refractivity contribution >= 4 is 60.8 Å². The molecule has 2 N–H and O–H groups in total. The zero-order chi connectivity index (χ0) is 23.9. The summed E-state index contributed by atoms with van der Waals surface area (Å²) in [5.41, 5.74) is 9.80. The average molecular weight is 612 g/mol. The Bertz CT molecular complexity index is 1240. The summed E-state index contributed by atoms with van der Waals surface area (Å²) < 4.78 is 7.38. The topological polar surface area (TPSA) is 79.3 Å². The Kier molecular flexibility index (Phi) is 7.11. The van der Waals surface area contributed by atoms with Gasteiger partial charge in [0, 0.05) is 40.3 Å². The number of ketones is 1. The largest absolute Gasteiger partial charge is 0.486 e. The van der Waals surface area contributed by atoms with Gasteiger partial charge in [-0.05, 0) is 74.5 Å². The first-order valence-corrected chi connectivity index (χ1v) is 12.5. The quantitative estimate of drug-likeness (QED) is 0.410. The Balaban J connectivity index is 1.72. The number of hydrogen-bond acceptors (Lipinski definition) is 5. The third kappa shape index (κ3) is 4.54. The lowest BCUT2D eigenvalue weighted by Crippen LogP contribution is -2.36. The van der Waals surface area contributed by atoms with E-state index in [-0.39, 0.29) is 12.4 Å². The maximum absolute atomic E-state index is 13.0. The molecular weight excluding hydrogens is 593 g/mol. The van der Waals surface area contributed by atoms with E-state index >= 15 is 0 Å². The molecule has 0 saturated carbocycles. The molecule has 2 aliphatic rings. The van der Waals surface area contributed by atoms with Gasteiger partial charge in [0.2, 0.25) is 0 Å². The van der Waals surface area contributed by atoms with Crippen LogP contribution in [0.2, 0.25) is 10.0 Å². The molecule has 33 heavy (non-hydrogen) atoms. The lowest BCUT2D eigenvalue weighted by molar-refractivity contribution is -0.116. The number of hydrogen-bond donors (Lipinski definition) is 1. The van der Waals surface area contributed by atoms with Crippen molar-refractivity contribution in [3.05, 3.63) is 83.1 Å². The minimum absolute atomic E-state index is 0.0540. The number of ether oxygens (including phenoxy) is 1. The standard InChI is InChI=1S/C24H19Br2Cl2N3O2/c1-31-19-3-2-4-20(32)22(19)21(15(10-29)24(31)30)13-7-16(25)23(17(26)8-13)33-11-12-5-6-14(27)9-18(12)28/h5-9,21H,2-4,11,30H2,1H3/t21-/m0/s1. The summed E-state index contributed by atoms with van der Waals surface area (Å²) in [7, 11) is 1.81. The Hall–Kier alpha value is -1.98. The van der Waals surface area contributed by atoms with Crippen LogP contribution < -0.4 is 10.5 Å². The van der Waals surface area contributed by atoms with E-state index in [0.29, 0.717) is 48.1 Å². The van der Waals surface area contributed by atoms with Gasteiger partial charge in [0.1, 0.15) is 18.2 Å². The van der Waals surface area contributed by atoms with Crippen LogP contribution in [0.3, 0.4) is 0 Å². The highest BCUT2D eigenvalue weighted by Crippen LogP contribution is 2.47. The molecule has 1 aliphatic heterocycles. The molecule has 2 aromatic rings. The second-order valence-electron chi connectivity index (χ2n) is 7.88. The van der Waals surface area contributed by atoms with E-state index in [1.807, 2.05) is 25.2 Å². The number of nitriles is 1. The van der Waals surface area contributed by atoms with Gasteiger partial charge < -0.3 is 15.4 Å². The second kappa shape index (κ2) is 9.71. The number of halogens is 4. The number of nitrogens with zero attached hydrogens (tertiary/aromatic N) is 2. The molecule has 2 aromatic carbocycles. The predicted molar refractivity (Wildman–Crippen MR) is 136 cm³/mol. The van der Waals surface area contributed by atoms with E-state index in [4.69, 9.17) is 33.7 Å². The lowest BCUT2D eigenvalue weighted by atomic mass is 9.76. The van der Waals surface area contributed by atoms with E-state index < -0.39 is 5.92 Å². The number of carbonyl (C=O) groups is 1. The Morgan fingerprint density at radius 1 is 1.21 bits per heavy atom. The highest BCUT2D eigenvalue weighted by Gasteiger charge is 2.39. The zero-order valence-electron chi connectivity index (χ0n) is 17.6. The number of nitrogens with two attached hydrogens (primary N) is 1. The first-order valence-electron chi connectivity index (χ1n) is 10.2. The molecule has 0 amide bonds. The predicted octanol–water partition coefficient (Wildman–Crippen LogP) is 6.83. The van der Waals surface area contributed by atoms with Gasteiger partial charge in [-0.25, -0.2) is 0 Å². The summed E-state index contributed by atoms with van der Waals surface area (Å²) >= 11 is 19.4. The minimum atomic E-state index is -0.527. The number of allylic oxidation sites excluding steroid dienone is 3. The molecule has 170 valence electrons. The normalized spacial score (nSPS) is 18.4. The van der Waals surface area contributed by atoms with Crippen LogP contribution in [-0.4, -0.2) is 17.7 Å². The van der Waals surface area contributed by atoms with Crippen LogP contribution in [0.4, 0.5) is 0 Å². The lowest BCUT2D eigenvalue weighted by Gasteiger charge is -2.37. The fraction of sp³-hybridized carbons (Fsp3) is 0.250. The summed E-state index contributed by atoms with van der Waals surface area (Å²) in [4.78, 5) is 14.7. The van der Waals surface area contributed by atoms with Crippen molar-refractivity contribution in [1.82, 2.24) is 4.90 Å². The van der Waals surface area contributed by atoms with Crippen molar-refractivity contribution < 1.29 is 9.53 Å². The van der Waals surface area contributed by atoms with Gasteiger partial charge in [0.05, 0.1) is 26.5 Å². The molecule has 0 fully saturated rings. The van der Waals surface area contributed by atoms with Crippen molar-refractivity contribution in [3.8, 4) is 11.8 Å². The van der Waals surface area contributed by atoms with Crippen LogP contribution >= 0.6 is 55.1 Å². The van der Waals surface area contributed by atoms with E-state index in [1.54, 1.807) is 17.0 Å². The van der Waals surface area contributed by atoms with Crippen LogP contribution in [0.5, 0.6) is 5.75 Å². The third-order valence-corrected chi connectivity index (χ3v) is 7.67. The van der Waals surface area contributed by atoms with Crippen LogP contribution in [0.1, 0.15) is 36.3 Å². The minimum Gasteiger partial charge on any atom is -0.486 e. The Morgan fingerprint density at radius 2 is 1.91 bits per heavy atom. The van der Waals surface area contributed by atoms with E-state index in [0.717, 1.165) is 29.7 Å². The molecule has 0 radical (unpaired) electrons. The summed E-state index contributed by atoms with van der Waals surface area (Å²) in [6, 6.07) is 11.2. The summed E-state index contributed by atoms with van der Waals surface area (Å²) in [5, 5.41) is 11.0. The maximum atomic E-state index is 13.0. The van der Waals surface area contributed by atoms with Crippen LogP contribution in [0.25, 0.3) is 0 Å². The van der Waals surface area contributed by atoms with Crippen molar-refractivity contribution in [1.29, 1.82) is 5.26 Å². The molecule has 1 atom stereocenters. The van der Waals surface area contributed by atoms with E-state index in [1.165, 1.54) is 0 Å². The fourth-order valence-electron chi connectivity index (χ4n) is 4.27. The van der Waals surface area contributed by atoms with Gasteiger partial charge in [-0.15, -0.1) is 0 Å². The summed E-state index contributed by atoms with van der Waals surface area (Å²) in [5.74, 6) is 0.484.